The van der Waals surface area contributed by atoms with Crippen LogP contribution in [0.5, 0.6) is 0 Å². The van der Waals surface area contributed by atoms with E-state index in [4.69, 9.17) is 4.74 Å². The highest BCUT2D eigenvalue weighted by Crippen LogP contribution is 2.58. The molecule has 1 aromatic carbocycles. The van der Waals surface area contributed by atoms with Crippen molar-refractivity contribution < 1.29 is 14.3 Å². The number of benzene rings is 1. The number of rotatable bonds is 5. The summed E-state index contributed by atoms with van der Waals surface area (Å²) >= 11 is 0. The lowest BCUT2D eigenvalue weighted by Crippen LogP contribution is -2.43. The maximum atomic E-state index is 13.1. The molecule has 6 rings (SSSR count). The Morgan fingerprint density at radius 3 is 2.38 bits per heavy atom. The van der Waals surface area contributed by atoms with Crippen LogP contribution in [0.2, 0.25) is 0 Å². The van der Waals surface area contributed by atoms with Crippen LogP contribution in [-0.2, 0) is 14.9 Å². The zero-order valence-electron chi connectivity index (χ0n) is 20.8. The number of fused-ring (bicyclic) bond motifs is 2. The number of amides is 2. The number of piperidine rings is 2. The lowest BCUT2D eigenvalue weighted by atomic mass is 9.86. The van der Waals surface area contributed by atoms with Crippen LogP contribution in [0.3, 0.4) is 0 Å². The molecule has 0 bridgehead atoms. The van der Waals surface area contributed by atoms with E-state index in [1.165, 1.54) is 5.56 Å². The van der Waals surface area contributed by atoms with Crippen LogP contribution < -0.4 is 5.32 Å². The first kappa shape index (κ1) is 22.5. The van der Waals surface area contributed by atoms with Crippen molar-refractivity contribution in [3.8, 4) is 0 Å². The fourth-order valence-electron chi connectivity index (χ4n) is 6.78. The maximum absolute atomic E-state index is 13.1. The number of carbonyl (C=O) groups is 2. The average molecular weight is 465 g/mol. The summed E-state index contributed by atoms with van der Waals surface area (Å²) in [5, 5.41) is 3.29. The first-order chi connectivity index (χ1) is 16.3. The Hall–Kier alpha value is -1.92. The van der Waals surface area contributed by atoms with Gasteiger partial charge >= 0.3 is 0 Å². The normalized spacial score (nSPS) is 35.1. The quantitative estimate of drug-likeness (QED) is 0.728. The Kier molecular flexibility index (Phi) is 5.34. The molecule has 2 saturated carbocycles. The van der Waals surface area contributed by atoms with E-state index in [2.05, 4.69) is 49.5 Å². The van der Waals surface area contributed by atoms with Crippen LogP contribution in [0.15, 0.2) is 24.3 Å². The summed E-state index contributed by atoms with van der Waals surface area (Å²) in [5.41, 5.74) is 1.87. The molecule has 6 heteroatoms. The van der Waals surface area contributed by atoms with E-state index in [1.807, 2.05) is 17.0 Å². The molecule has 0 spiro atoms. The van der Waals surface area contributed by atoms with Crippen LogP contribution in [0.4, 0.5) is 0 Å². The van der Waals surface area contributed by atoms with E-state index in [9.17, 15) is 9.59 Å². The average Bonchev–Trinajstić information content (AvgIpc) is 3.57. The van der Waals surface area contributed by atoms with Crippen LogP contribution in [0, 0.1) is 35.5 Å². The molecule has 34 heavy (non-hydrogen) atoms. The van der Waals surface area contributed by atoms with E-state index < -0.39 is 0 Å². The minimum absolute atomic E-state index is 0.0912. The molecule has 5 aliphatic rings. The van der Waals surface area contributed by atoms with Crippen molar-refractivity contribution in [2.45, 2.75) is 45.1 Å². The molecule has 3 saturated heterocycles. The highest BCUT2D eigenvalue weighted by Gasteiger charge is 2.66. The number of ether oxygens (including phenoxy) is 1. The summed E-state index contributed by atoms with van der Waals surface area (Å²) < 4.78 is 5.50. The highest BCUT2D eigenvalue weighted by atomic mass is 16.5. The third-order valence-electron chi connectivity index (χ3n) is 9.23. The van der Waals surface area contributed by atoms with Gasteiger partial charge < -0.3 is 15.0 Å². The second kappa shape index (κ2) is 8.06. The van der Waals surface area contributed by atoms with Crippen LogP contribution in [-0.4, -0.2) is 73.6 Å². The molecule has 1 aromatic rings. The van der Waals surface area contributed by atoms with Crippen LogP contribution in [0.25, 0.3) is 0 Å². The molecule has 2 amide bonds. The molecule has 183 valence electrons. The van der Waals surface area contributed by atoms with Crippen molar-refractivity contribution >= 4 is 11.8 Å². The Bertz CT molecular complexity index is 952. The number of hydrogen-bond donors (Lipinski definition) is 1. The largest absolute Gasteiger partial charge is 0.381 e. The third kappa shape index (κ3) is 3.87. The molecular formula is C28H38N3O3. The molecular weight excluding hydrogens is 426 g/mol. The van der Waals surface area contributed by atoms with Crippen molar-refractivity contribution in [1.82, 2.24) is 15.1 Å². The summed E-state index contributed by atoms with van der Waals surface area (Å²) in [6.07, 6.45) is 4.44. The van der Waals surface area contributed by atoms with Crippen molar-refractivity contribution in [2.24, 2.45) is 29.1 Å². The lowest BCUT2D eigenvalue weighted by molar-refractivity contribution is -0.126. The molecule has 3 heterocycles. The van der Waals surface area contributed by atoms with Gasteiger partial charge in [-0.15, -0.1) is 0 Å². The minimum atomic E-state index is -0.247. The van der Waals surface area contributed by atoms with Gasteiger partial charge in [0, 0.05) is 57.5 Å². The Morgan fingerprint density at radius 2 is 1.74 bits per heavy atom. The fourth-order valence-corrected chi connectivity index (χ4v) is 6.78. The number of nitrogens with zero attached hydrogens (tertiary/aromatic N) is 2. The predicted molar refractivity (Wildman–Crippen MR) is 130 cm³/mol. The maximum Gasteiger partial charge on any atom is 0.253 e. The van der Waals surface area contributed by atoms with Gasteiger partial charge in [0.25, 0.3) is 5.91 Å². The Labute approximate surface area is 203 Å². The molecule has 4 unspecified atom stereocenters. The van der Waals surface area contributed by atoms with Gasteiger partial charge in [-0.1, -0.05) is 32.9 Å². The minimum Gasteiger partial charge on any atom is -0.381 e. The molecule has 6 nitrogen and oxygen atoms in total. The smallest absolute Gasteiger partial charge is 0.253 e. The zero-order chi connectivity index (χ0) is 23.7. The van der Waals surface area contributed by atoms with E-state index in [1.54, 1.807) is 0 Å². The number of hydrogen-bond acceptors (Lipinski definition) is 4. The van der Waals surface area contributed by atoms with E-state index in [0.29, 0.717) is 29.7 Å². The van der Waals surface area contributed by atoms with Gasteiger partial charge in [0.15, 0.2) is 0 Å². The summed E-state index contributed by atoms with van der Waals surface area (Å²) in [6.45, 7) is 12.6. The summed E-state index contributed by atoms with van der Waals surface area (Å²) in [6, 6.07) is 8.68. The van der Waals surface area contributed by atoms with Crippen molar-refractivity contribution in [3.63, 3.8) is 0 Å². The molecule has 4 atom stereocenters. The van der Waals surface area contributed by atoms with Gasteiger partial charge in [-0.05, 0) is 66.0 Å². The van der Waals surface area contributed by atoms with Gasteiger partial charge in [0.1, 0.15) is 0 Å². The van der Waals surface area contributed by atoms with E-state index in [-0.39, 0.29) is 22.6 Å². The zero-order valence-corrected chi connectivity index (χ0v) is 20.8. The number of likely N-dealkylation sites (tertiary alicyclic amines) is 2. The van der Waals surface area contributed by atoms with Crippen molar-refractivity contribution in [3.05, 3.63) is 41.8 Å². The van der Waals surface area contributed by atoms with Gasteiger partial charge in [-0.3, -0.25) is 14.5 Å². The monoisotopic (exact) mass is 464 g/mol. The first-order valence-corrected chi connectivity index (χ1v) is 13.1. The Morgan fingerprint density at radius 1 is 1.06 bits per heavy atom. The van der Waals surface area contributed by atoms with Crippen molar-refractivity contribution in [1.29, 1.82) is 0 Å². The Balaban J connectivity index is 0.968. The third-order valence-corrected chi connectivity index (χ3v) is 9.23. The standard InChI is InChI=1S/C28H38N3O3/c1-27(2,3)19-6-4-18(5-7-19)25(32)30-15-23-22(24(23)16-30)13-29-26(33)28-12-20(28)14-31(17-28)21-8-10-34-11-9-21/h4-7,12,20-24H,8-11,13-17H2,1-3H3,(H,29,33). The molecule has 2 aliphatic carbocycles. The molecule has 3 aliphatic heterocycles. The molecule has 1 radical (unpaired) electrons. The van der Waals surface area contributed by atoms with Crippen molar-refractivity contribution in [2.75, 3.05) is 45.9 Å². The SMILES string of the molecule is CC(C)(C)c1ccc(C(=O)N2CC3C(CNC(=O)C45[CH]C4CN(C4CCOCC4)C5)C3C2)cc1. The van der Waals surface area contributed by atoms with Gasteiger partial charge in [0.05, 0.1) is 5.41 Å². The summed E-state index contributed by atoms with van der Waals surface area (Å²) in [4.78, 5) is 30.6. The topological polar surface area (TPSA) is 61.9 Å². The lowest BCUT2D eigenvalue weighted by Gasteiger charge is -2.32. The molecule has 5 fully saturated rings. The molecule has 1 N–H and O–H groups in total. The summed E-state index contributed by atoms with van der Waals surface area (Å²) in [5.74, 6) is 2.39. The predicted octanol–water partition coefficient (Wildman–Crippen LogP) is 2.73. The fraction of sp³-hybridized carbons (Fsp3) is 0.679. The second-order valence-electron chi connectivity index (χ2n) is 12.3. The number of nitrogens with one attached hydrogen (secondary N) is 1. The highest BCUT2D eigenvalue weighted by molar-refractivity contribution is 5.94. The van der Waals surface area contributed by atoms with Gasteiger partial charge in [0.2, 0.25) is 5.91 Å². The molecule has 0 aromatic heterocycles. The van der Waals surface area contributed by atoms with E-state index in [0.717, 1.165) is 64.3 Å². The first-order valence-electron chi connectivity index (χ1n) is 13.1. The summed E-state index contributed by atoms with van der Waals surface area (Å²) in [7, 11) is 0. The van der Waals surface area contributed by atoms with Crippen LogP contribution >= 0.6 is 0 Å². The van der Waals surface area contributed by atoms with Gasteiger partial charge in [-0.2, -0.15) is 0 Å². The second-order valence-corrected chi connectivity index (χ2v) is 12.3. The van der Waals surface area contributed by atoms with E-state index >= 15 is 0 Å². The van der Waals surface area contributed by atoms with Gasteiger partial charge in [-0.25, -0.2) is 0 Å². The number of carbonyl (C=O) groups excluding carboxylic acids is 2. The van der Waals surface area contributed by atoms with Crippen LogP contribution in [0.1, 0.15) is 49.5 Å².